The molecule has 0 saturated carbocycles. The van der Waals surface area contributed by atoms with Crippen molar-refractivity contribution in [3.05, 3.63) is 65.2 Å². The largest absolute Gasteiger partial charge is 0.478 e. The van der Waals surface area contributed by atoms with Crippen LogP contribution in [0.5, 0.6) is 0 Å². The molecule has 1 heterocycles. The lowest BCUT2D eigenvalue weighted by atomic mass is 10.1. The van der Waals surface area contributed by atoms with Crippen LogP contribution in [-0.4, -0.2) is 43.7 Å². The fourth-order valence-corrected chi connectivity index (χ4v) is 3.53. The topological polar surface area (TPSA) is 109 Å². The predicted molar refractivity (Wildman–Crippen MR) is 116 cm³/mol. The van der Waals surface area contributed by atoms with Crippen molar-refractivity contribution in [1.29, 1.82) is 0 Å². The van der Waals surface area contributed by atoms with E-state index in [1.165, 1.54) is 29.6 Å². The molecule has 0 aliphatic rings. The molecule has 30 heavy (non-hydrogen) atoms. The quantitative estimate of drug-likeness (QED) is 0.327. The molecule has 0 atom stereocenters. The van der Waals surface area contributed by atoms with Gasteiger partial charge in [0.25, 0.3) is 5.91 Å². The minimum absolute atomic E-state index is 0.101. The molecule has 0 aliphatic heterocycles. The first-order valence-electron chi connectivity index (χ1n) is 9.27. The number of carboxylic acids is 1. The molecule has 9 heteroatoms. The number of aromatic carboxylic acids is 1. The number of rotatable bonds is 8. The van der Waals surface area contributed by atoms with E-state index in [9.17, 15) is 9.59 Å². The summed E-state index contributed by atoms with van der Waals surface area (Å²) in [6.07, 6.45) is 1.32. The minimum Gasteiger partial charge on any atom is -0.478 e. The van der Waals surface area contributed by atoms with Gasteiger partial charge in [-0.25, -0.2) is 10.2 Å². The predicted octanol–water partition coefficient (Wildman–Crippen LogP) is 3.21. The summed E-state index contributed by atoms with van der Waals surface area (Å²) in [6, 6.07) is 14.5. The summed E-state index contributed by atoms with van der Waals surface area (Å²) < 4.78 is 1.95. The average molecular weight is 423 g/mol. The average Bonchev–Trinajstić information content (AvgIpc) is 3.16. The maximum absolute atomic E-state index is 12.1. The summed E-state index contributed by atoms with van der Waals surface area (Å²) in [6.45, 7) is 4.69. The monoisotopic (exact) mass is 423 g/mol. The van der Waals surface area contributed by atoms with Crippen LogP contribution in [0.15, 0.2) is 58.8 Å². The Morgan fingerprint density at radius 2 is 1.90 bits per heavy atom. The molecule has 154 valence electrons. The molecular formula is C21H21N5O3S. The zero-order valence-electron chi connectivity index (χ0n) is 16.6. The summed E-state index contributed by atoms with van der Waals surface area (Å²) in [5.74, 6) is -0.526. The number of aryl methyl sites for hydroxylation is 1. The van der Waals surface area contributed by atoms with Crippen LogP contribution in [0.3, 0.4) is 0 Å². The van der Waals surface area contributed by atoms with Crippen LogP contribution in [0, 0.1) is 6.92 Å². The molecule has 0 unspecified atom stereocenters. The lowest BCUT2D eigenvalue weighted by Crippen LogP contribution is -2.20. The van der Waals surface area contributed by atoms with Crippen molar-refractivity contribution < 1.29 is 14.7 Å². The second-order valence-corrected chi connectivity index (χ2v) is 7.33. The zero-order valence-corrected chi connectivity index (χ0v) is 17.4. The number of hydrogen-bond donors (Lipinski definition) is 2. The third-order valence-corrected chi connectivity index (χ3v) is 5.23. The van der Waals surface area contributed by atoms with Gasteiger partial charge in [0.2, 0.25) is 0 Å². The van der Waals surface area contributed by atoms with Crippen molar-refractivity contribution in [3.8, 4) is 11.4 Å². The first-order chi connectivity index (χ1) is 14.5. The van der Waals surface area contributed by atoms with Gasteiger partial charge in [0.15, 0.2) is 11.0 Å². The smallest absolute Gasteiger partial charge is 0.336 e. The Labute approximate surface area is 178 Å². The standard InChI is InChI=1S/C21H21N5O3S/c1-3-26-19(15-10-8-14(2)9-11-15)24-25-21(26)30-13-18(27)23-22-12-16-6-4-5-7-17(16)20(28)29/h4-12H,3,13H2,1-2H3,(H,23,27)(H,28,29)/b22-12-. The molecule has 3 aromatic rings. The van der Waals surface area contributed by atoms with E-state index in [0.29, 0.717) is 17.3 Å². The third kappa shape index (κ3) is 5.12. The molecule has 0 fully saturated rings. The molecule has 2 N–H and O–H groups in total. The number of aromatic nitrogens is 3. The Balaban J connectivity index is 1.61. The van der Waals surface area contributed by atoms with Gasteiger partial charge in [0.1, 0.15) is 0 Å². The molecule has 2 aromatic carbocycles. The number of nitrogens with one attached hydrogen (secondary N) is 1. The van der Waals surface area contributed by atoms with Gasteiger partial charge in [-0.05, 0) is 19.9 Å². The van der Waals surface area contributed by atoms with E-state index >= 15 is 0 Å². The summed E-state index contributed by atoms with van der Waals surface area (Å²) in [4.78, 5) is 23.3. The van der Waals surface area contributed by atoms with Crippen molar-refractivity contribution in [2.75, 3.05) is 5.75 Å². The van der Waals surface area contributed by atoms with Gasteiger partial charge >= 0.3 is 5.97 Å². The van der Waals surface area contributed by atoms with E-state index in [2.05, 4.69) is 20.7 Å². The number of hydrogen-bond acceptors (Lipinski definition) is 6. The van der Waals surface area contributed by atoms with Gasteiger partial charge in [-0.3, -0.25) is 4.79 Å². The maximum atomic E-state index is 12.1. The van der Waals surface area contributed by atoms with Crippen molar-refractivity contribution >= 4 is 29.9 Å². The Morgan fingerprint density at radius 3 is 2.60 bits per heavy atom. The van der Waals surface area contributed by atoms with Gasteiger partial charge < -0.3 is 9.67 Å². The van der Waals surface area contributed by atoms with Crippen LogP contribution in [0.25, 0.3) is 11.4 Å². The highest BCUT2D eigenvalue weighted by Crippen LogP contribution is 2.24. The first-order valence-corrected chi connectivity index (χ1v) is 10.3. The van der Waals surface area contributed by atoms with Gasteiger partial charge in [-0.15, -0.1) is 10.2 Å². The normalized spacial score (nSPS) is 11.0. The third-order valence-electron chi connectivity index (χ3n) is 4.26. The van der Waals surface area contributed by atoms with Crippen LogP contribution in [0.1, 0.15) is 28.4 Å². The molecule has 0 bridgehead atoms. The lowest BCUT2D eigenvalue weighted by molar-refractivity contribution is -0.118. The van der Waals surface area contributed by atoms with E-state index in [0.717, 1.165) is 11.4 Å². The summed E-state index contributed by atoms with van der Waals surface area (Å²) in [5, 5.41) is 22.1. The highest BCUT2D eigenvalue weighted by Gasteiger charge is 2.14. The number of hydrazone groups is 1. The van der Waals surface area contributed by atoms with E-state index in [1.54, 1.807) is 18.2 Å². The van der Waals surface area contributed by atoms with Crippen LogP contribution < -0.4 is 5.43 Å². The Morgan fingerprint density at radius 1 is 1.17 bits per heavy atom. The number of benzene rings is 2. The van der Waals surface area contributed by atoms with Gasteiger partial charge in [-0.1, -0.05) is 59.8 Å². The summed E-state index contributed by atoms with van der Waals surface area (Å²) >= 11 is 1.26. The summed E-state index contributed by atoms with van der Waals surface area (Å²) in [7, 11) is 0. The number of carbonyl (C=O) groups is 2. The highest BCUT2D eigenvalue weighted by atomic mass is 32.2. The second-order valence-electron chi connectivity index (χ2n) is 6.39. The van der Waals surface area contributed by atoms with Gasteiger partial charge in [-0.2, -0.15) is 5.10 Å². The maximum Gasteiger partial charge on any atom is 0.336 e. The minimum atomic E-state index is -1.05. The fourth-order valence-electron chi connectivity index (χ4n) is 2.74. The number of amides is 1. The molecule has 0 aliphatic carbocycles. The number of carbonyl (C=O) groups excluding carboxylic acids is 1. The number of nitrogens with zero attached hydrogens (tertiary/aromatic N) is 4. The van der Waals surface area contributed by atoms with E-state index in [4.69, 9.17) is 5.11 Å². The number of carboxylic acid groups (broad SMARTS) is 1. The molecule has 8 nitrogen and oxygen atoms in total. The second kappa shape index (κ2) is 9.84. The van der Waals surface area contributed by atoms with E-state index < -0.39 is 5.97 Å². The van der Waals surface area contributed by atoms with E-state index in [1.807, 2.05) is 42.7 Å². The fraction of sp³-hybridized carbons (Fsp3) is 0.190. The van der Waals surface area contributed by atoms with Crippen molar-refractivity contribution in [2.45, 2.75) is 25.5 Å². The van der Waals surface area contributed by atoms with Crippen LogP contribution >= 0.6 is 11.8 Å². The summed E-state index contributed by atoms with van der Waals surface area (Å²) in [5.41, 5.74) is 5.06. The molecule has 1 amide bonds. The Bertz CT molecular complexity index is 1080. The Hall–Kier alpha value is -3.46. The SMILES string of the molecule is CCn1c(SCC(=O)N/N=C\c2ccccc2C(=O)O)nnc1-c1ccc(C)cc1. The Kier molecular flexibility index (Phi) is 6.97. The van der Waals surface area contributed by atoms with Crippen molar-refractivity contribution in [3.63, 3.8) is 0 Å². The van der Waals surface area contributed by atoms with Crippen LogP contribution in [0.2, 0.25) is 0 Å². The molecular weight excluding hydrogens is 402 g/mol. The molecule has 1 aromatic heterocycles. The van der Waals surface area contributed by atoms with E-state index in [-0.39, 0.29) is 17.2 Å². The number of thioether (sulfide) groups is 1. The van der Waals surface area contributed by atoms with Gasteiger partial charge in [0.05, 0.1) is 17.5 Å². The van der Waals surface area contributed by atoms with Crippen molar-refractivity contribution in [2.24, 2.45) is 5.10 Å². The first kappa shape index (κ1) is 21.3. The van der Waals surface area contributed by atoms with Crippen molar-refractivity contribution in [1.82, 2.24) is 20.2 Å². The molecule has 0 spiro atoms. The molecule has 0 saturated heterocycles. The zero-order chi connectivity index (χ0) is 21.5. The van der Waals surface area contributed by atoms with Gasteiger partial charge in [0, 0.05) is 17.7 Å². The lowest BCUT2D eigenvalue weighted by Gasteiger charge is -2.07. The van der Waals surface area contributed by atoms with Crippen LogP contribution in [-0.2, 0) is 11.3 Å². The molecule has 0 radical (unpaired) electrons. The highest BCUT2D eigenvalue weighted by molar-refractivity contribution is 7.99. The van der Waals surface area contributed by atoms with Crippen LogP contribution in [0.4, 0.5) is 0 Å². The molecule has 3 rings (SSSR count).